The van der Waals surface area contributed by atoms with Gasteiger partial charge in [-0.3, -0.25) is 0 Å². The molecule has 1 unspecified atom stereocenters. The van der Waals surface area contributed by atoms with Gasteiger partial charge in [-0.1, -0.05) is 55.8 Å². The number of hydrogen-bond acceptors (Lipinski definition) is 1. The Labute approximate surface area is 108 Å². The highest BCUT2D eigenvalue weighted by atomic mass is 16.5. The average molecular weight is 238 g/mol. The van der Waals surface area contributed by atoms with E-state index in [0.29, 0.717) is 12.5 Å². The van der Waals surface area contributed by atoms with E-state index in [1.165, 1.54) is 29.5 Å². The van der Waals surface area contributed by atoms with Gasteiger partial charge in [-0.2, -0.15) is 0 Å². The van der Waals surface area contributed by atoms with Crippen LogP contribution in [-0.4, -0.2) is 0 Å². The molecule has 1 aliphatic rings. The summed E-state index contributed by atoms with van der Waals surface area (Å²) in [6.07, 6.45) is 2.37. The summed E-state index contributed by atoms with van der Waals surface area (Å²) in [7, 11) is 0. The van der Waals surface area contributed by atoms with Crippen molar-refractivity contribution >= 4 is 0 Å². The first kappa shape index (κ1) is 11.3. The van der Waals surface area contributed by atoms with E-state index >= 15 is 0 Å². The van der Waals surface area contributed by atoms with Gasteiger partial charge in [0.1, 0.15) is 12.4 Å². The Morgan fingerprint density at radius 1 is 1.00 bits per heavy atom. The molecule has 0 fully saturated rings. The zero-order valence-electron chi connectivity index (χ0n) is 10.7. The molecule has 3 rings (SSSR count). The summed E-state index contributed by atoms with van der Waals surface area (Å²) in [6, 6.07) is 17.1. The second kappa shape index (κ2) is 4.85. The van der Waals surface area contributed by atoms with Gasteiger partial charge in [0.15, 0.2) is 0 Å². The fourth-order valence-corrected chi connectivity index (χ4v) is 2.83. The average Bonchev–Trinajstić information content (AvgIpc) is 2.58. The molecule has 2 aromatic rings. The van der Waals surface area contributed by atoms with E-state index in [0.717, 1.165) is 5.75 Å². The molecule has 0 amide bonds. The molecule has 0 aromatic heterocycles. The molecule has 1 heterocycles. The molecule has 92 valence electrons. The summed E-state index contributed by atoms with van der Waals surface area (Å²) < 4.78 is 5.95. The van der Waals surface area contributed by atoms with E-state index < -0.39 is 0 Å². The Morgan fingerprint density at radius 3 is 2.56 bits per heavy atom. The highest BCUT2D eigenvalue weighted by Gasteiger charge is 2.23. The van der Waals surface area contributed by atoms with Crippen LogP contribution in [0.1, 0.15) is 42.4 Å². The summed E-state index contributed by atoms with van der Waals surface area (Å²) in [5.74, 6) is 1.53. The van der Waals surface area contributed by atoms with E-state index in [-0.39, 0.29) is 0 Å². The van der Waals surface area contributed by atoms with Gasteiger partial charge in [0.25, 0.3) is 0 Å². The first-order chi connectivity index (χ1) is 8.90. The third kappa shape index (κ3) is 1.90. The SMILES string of the molecule is CCCC1c2ccccc2COc2ccccc21. The van der Waals surface area contributed by atoms with Gasteiger partial charge in [0.05, 0.1) is 0 Å². The maximum Gasteiger partial charge on any atom is 0.123 e. The van der Waals surface area contributed by atoms with Gasteiger partial charge >= 0.3 is 0 Å². The van der Waals surface area contributed by atoms with E-state index in [4.69, 9.17) is 4.74 Å². The summed E-state index contributed by atoms with van der Waals surface area (Å²) >= 11 is 0. The molecular weight excluding hydrogens is 220 g/mol. The first-order valence-electron chi connectivity index (χ1n) is 6.69. The fourth-order valence-electron chi connectivity index (χ4n) is 2.83. The largest absolute Gasteiger partial charge is 0.489 e. The van der Waals surface area contributed by atoms with Crippen LogP contribution in [0.2, 0.25) is 0 Å². The Hall–Kier alpha value is -1.76. The lowest BCUT2D eigenvalue weighted by atomic mass is 9.85. The fraction of sp³-hybridized carbons (Fsp3) is 0.294. The minimum Gasteiger partial charge on any atom is -0.489 e. The van der Waals surface area contributed by atoms with Crippen LogP contribution in [0.15, 0.2) is 48.5 Å². The van der Waals surface area contributed by atoms with Crippen molar-refractivity contribution in [2.75, 3.05) is 0 Å². The lowest BCUT2D eigenvalue weighted by Gasteiger charge is -2.18. The Bertz CT molecular complexity index is 497. The zero-order valence-corrected chi connectivity index (χ0v) is 10.7. The molecule has 0 aliphatic carbocycles. The third-order valence-electron chi connectivity index (χ3n) is 3.69. The minimum atomic E-state index is 0.477. The first-order valence-corrected chi connectivity index (χ1v) is 6.69. The number of para-hydroxylation sites is 1. The van der Waals surface area contributed by atoms with Crippen LogP contribution < -0.4 is 4.74 Å². The van der Waals surface area contributed by atoms with Gasteiger partial charge in [-0.25, -0.2) is 0 Å². The van der Waals surface area contributed by atoms with Crippen molar-refractivity contribution in [1.29, 1.82) is 0 Å². The molecule has 1 nitrogen and oxygen atoms in total. The number of ether oxygens (including phenoxy) is 1. The smallest absolute Gasteiger partial charge is 0.123 e. The van der Waals surface area contributed by atoms with E-state index in [2.05, 4.69) is 55.5 Å². The standard InChI is InChI=1S/C17H18O/c1-2-7-15-14-9-4-3-8-13(14)12-18-17-11-6-5-10-16(15)17/h3-6,8-11,15H,2,7,12H2,1H3. The summed E-state index contributed by atoms with van der Waals surface area (Å²) in [5.41, 5.74) is 4.10. The van der Waals surface area contributed by atoms with Crippen molar-refractivity contribution in [2.45, 2.75) is 32.3 Å². The Balaban J connectivity index is 2.15. The van der Waals surface area contributed by atoms with E-state index in [1.54, 1.807) is 0 Å². The lowest BCUT2D eigenvalue weighted by Crippen LogP contribution is -2.02. The van der Waals surface area contributed by atoms with Crippen molar-refractivity contribution in [1.82, 2.24) is 0 Å². The topological polar surface area (TPSA) is 9.23 Å². The normalized spacial score (nSPS) is 17.3. The number of benzene rings is 2. The highest BCUT2D eigenvalue weighted by Crippen LogP contribution is 2.39. The van der Waals surface area contributed by atoms with Gasteiger partial charge in [0.2, 0.25) is 0 Å². The molecule has 1 aliphatic heterocycles. The summed E-state index contributed by atoms with van der Waals surface area (Å²) in [6.45, 7) is 2.93. The summed E-state index contributed by atoms with van der Waals surface area (Å²) in [5, 5.41) is 0. The van der Waals surface area contributed by atoms with E-state index in [9.17, 15) is 0 Å². The molecule has 0 saturated carbocycles. The zero-order chi connectivity index (χ0) is 12.4. The highest BCUT2D eigenvalue weighted by molar-refractivity contribution is 5.46. The van der Waals surface area contributed by atoms with Crippen LogP contribution in [0, 0.1) is 0 Å². The Morgan fingerprint density at radius 2 is 1.72 bits per heavy atom. The van der Waals surface area contributed by atoms with Crippen molar-refractivity contribution in [3.8, 4) is 5.75 Å². The molecular formula is C17H18O. The van der Waals surface area contributed by atoms with Crippen molar-refractivity contribution < 1.29 is 4.74 Å². The molecule has 18 heavy (non-hydrogen) atoms. The second-order valence-electron chi connectivity index (χ2n) is 4.87. The van der Waals surface area contributed by atoms with Crippen LogP contribution in [0.25, 0.3) is 0 Å². The van der Waals surface area contributed by atoms with Crippen molar-refractivity contribution in [2.24, 2.45) is 0 Å². The molecule has 0 saturated heterocycles. The monoisotopic (exact) mass is 238 g/mol. The molecule has 0 spiro atoms. The van der Waals surface area contributed by atoms with Crippen LogP contribution in [0.3, 0.4) is 0 Å². The predicted octanol–water partition coefficient (Wildman–Crippen LogP) is 4.51. The maximum atomic E-state index is 5.95. The number of hydrogen-bond donors (Lipinski definition) is 0. The van der Waals surface area contributed by atoms with Gasteiger partial charge in [0, 0.05) is 11.5 Å². The van der Waals surface area contributed by atoms with E-state index in [1.807, 2.05) is 0 Å². The van der Waals surface area contributed by atoms with Crippen LogP contribution >= 0.6 is 0 Å². The molecule has 2 aromatic carbocycles. The van der Waals surface area contributed by atoms with Crippen LogP contribution in [0.5, 0.6) is 5.75 Å². The van der Waals surface area contributed by atoms with Crippen LogP contribution in [-0.2, 0) is 6.61 Å². The molecule has 1 heteroatoms. The predicted molar refractivity (Wildman–Crippen MR) is 74.0 cm³/mol. The molecule has 0 radical (unpaired) electrons. The number of rotatable bonds is 2. The Kier molecular flexibility index (Phi) is 3.06. The second-order valence-corrected chi connectivity index (χ2v) is 4.87. The number of fused-ring (bicyclic) bond motifs is 2. The quantitative estimate of drug-likeness (QED) is 0.748. The van der Waals surface area contributed by atoms with Gasteiger partial charge < -0.3 is 4.74 Å². The third-order valence-corrected chi connectivity index (χ3v) is 3.69. The van der Waals surface area contributed by atoms with Gasteiger partial charge in [-0.15, -0.1) is 0 Å². The minimum absolute atomic E-state index is 0.477. The maximum absolute atomic E-state index is 5.95. The lowest BCUT2D eigenvalue weighted by molar-refractivity contribution is 0.306. The molecule has 0 bridgehead atoms. The van der Waals surface area contributed by atoms with Crippen molar-refractivity contribution in [3.05, 3.63) is 65.2 Å². The summed E-state index contributed by atoms with van der Waals surface area (Å²) in [4.78, 5) is 0. The van der Waals surface area contributed by atoms with Crippen molar-refractivity contribution in [3.63, 3.8) is 0 Å². The van der Waals surface area contributed by atoms with Crippen LogP contribution in [0.4, 0.5) is 0 Å². The van der Waals surface area contributed by atoms with Gasteiger partial charge in [-0.05, 0) is 23.6 Å². The molecule has 1 atom stereocenters. The molecule has 0 N–H and O–H groups in total.